The number of hydrogen-bond acceptors (Lipinski definition) is 0. The Hall–Kier alpha value is -0.490. The number of rotatable bonds is 8. The van der Waals surface area contributed by atoms with Gasteiger partial charge in [-0.3, -0.25) is 0 Å². The highest BCUT2D eigenvalue weighted by Gasteiger charge is 2.24. The van der Waals surface area contributed by atoms with Crippen LogP contribution in [-0.2, 0) is 12.8 Å². The lowest BCUT2D eigenvalue weighted by atomic mass is 9.76. The fourth-order valence-electron chi connectivity index (χ4n) is 3.03. The topological polar surface area (TPSA) is 0 Å². The Morgan fingerprint density at radius 3 is 1.59 bits per heavy atom. The van der Waals surface area contributed by atoms with Crippen molar-refractivity contribution in [2.24, 2.45) is 10.8 Å². The Labute approximate surface area is 143 Å². The maximum absolute atomic E-state index is 6.64. The zero-order valence-electron chi connectivity index (χ0n) is 15.8. The molecule has 0 amide bonds. The van der Waals surface area contributed by atoms with Crippen molar-refractivity contribution in [1.82, 2.24) is 0 Å². The molecule has 0 nitrogen and oxygen atoms in total. The first-order valence-corrected chi connectivity index (χ1v) is 9.38. The second-order valence-corrected chi connectivity index (χ2v) is 8.17. The summed E-state index contributed by atoms with van der Waals surface area (Å²) in [5, 5.41) is 0.961. The van der Waals surface area contributed by atoms with Crippen LogP contribution in [0.25, 0.3) is 0 Å². The standard InChI is InChI=1S/C21H35Cl/c1-8-20(6,9-2)14-17-13-19(22)18(12-16(17)5)15-21(7,10-3)11-4/h12-13H,8-11,14-15H2,1-7H3. The molecule has 0 radical (unpaired) electrons. The average molecular weight is 323 g/mol. The maximum Gasteiger partial charge on any atom is 0.0441 e. The van der Waals surface area contributed by atoms with Crippen LogP contribution >= 0.6 is 11.6 Å². The molecule has 0 heterocycles. The highest BCUT2D eigenvalue weighted by molar-refractivity contribution is 6.31. The van der Waals surface area contributed by atoms with E-state index in [9.17, 15) is 0 Å². The smallest absolute Gasteiger partial charge is 0.0441 e. The minimum absolute atomic E-state index is 0.360. The van der Waals surface area contributed by atoms with E-state index >= 15 is 0 Å². The molecule has 1 rings (SSSR count). The van der Waals surface area contributed by atoms with Gasteiger partial charge in [-0.2, -0.15) is 0 Å². The zero-order chi connectivity index (χ0) is 17.0. The van der Waals surface area contributed by atoms with Crippen LogP contribution in [0.15, 0.2) is 12.1 Å². The van der Waals surface area contributed by atoms with Crippen molar-refractivity contribution in [3.05, 3.63) is 33.8 Å². The molecule has 0 unspecified atom stereocenters. The first-order valence-electron chi connectivity index (χ1n) is 9.00. The van der Waals surface area contributed by atoms with Gasteiger partial charge in [0.05, 0.1) is 0 Å². The third-order valence-electron chi connectivity index (χ3n) is 6.15. The molecule has 126 valence electrons. The lowest BCUT2D eigenvalue weighted by molar-refractivity contribution is 0.293. The van der Waals surface area contributed by atoms with E-state index in [1.54, 1.807) is 0 Å². The fourth-order valence-corrected chi connectivity index (χ4v) is 3.28. The first kappa shape index (κ1) is 19.6. The summed E-state index contributed by atoms with van der Waals surface area (Å²) in [7, 11) is 0. The van der Waals surface area contributed by atoms with E-state index < -0.39 is 0 Å². The molecule has 1 heteroatoms. The molecule has 1 aromatic carbocycles. The van der Waals surface area contributed by atoms with E-state index in [2.05, 4.69) is 60.6 Å². The monoisotopic (exact) mass is 322 g/mol. The molecule has 22 heavy (non-hydrogen) atoms. The van der Waals surface area contributed by atoms with Gasteiger partial charge >= 0.3 is 0 Å². The summed E-state index contributed by atoms with van der Waals surface area (Å²) in [5.74, 6) is 0. The molecule has 0 saturated heterocycles. The minimum Gasteiger partial charge on any atom is -0.0840 e. The lowest BCUT2D eigenvalue weighted by Crippen LogP contribution is -2.19. The summed E-state index contributed by atoms with van der Waals surface area (Å²) in [6.45, 7) is 16.2. The highest BCUT2D eigenvalue weighted by Crippen LogP contribution is 2.36. The summed E-state index contributed by atoms with van der Waals surface area (Å²) in [6.07, 6.45) is 7.04. The molecule has 0 atom stereocenters. The predicted octanol–water partition coefficient (Wildman–Crippen LogP) is 7.39. The molecule has 0 aliphatic carbocycles. The third kappa shape index (κ3) is 4.75. The van der Waals surface area contributed by atoms with E-state index in [0.717, 1.165) is 17.9 Å². The fraction of sp³-hybridized carbons (Fsp3) is 0.714. The maximum atomic E-state index is 6.64. The van der Waals surface area contributed by atoms with Gasteiger partial charge in [0.2, 0.25) is 0 Å². The minimum atomic E-state index is 0.360. The number of halogens is 1. The zero-order valence-corrected chi connectivity index (χ0v) is 16.5. The van der Waals surface area contributed by atoms with Crippen molar-refractivity contribution in [2.75, 3.05) is 0 Å². The number of benzene rings is 1. The van der Waals surface area contributed by atoms with Crippen molar-refractivity contribution in [1.29, 1.82) is 0 Å². The molecule has 0 aliphatic rings. The quantitative estimate of drug-likeness (QED) is 0.468. The molecule has 0 N–H and O–H groups in total. The van der Waals surface area contributed by atoms with Crippen molar-refractivity contribution < 1.29 is 0 Å². The van der Waals surface area contributed by atoms with Gasteiger partial charge in [-0.25, -0.2) is 0 Å². The Bertz CT molecular complexity index is 433. The van der Waals surface area contributed by atoms with Gasteiger partial charge in [0.25, 0.3) is 0 Å². The van der Waals surface area contributed by atoms with Crippen LogP contribution in [0, 0.1) is 17.8 Å². The summed E-state index contributed by atoms with van der Waals surface area (Å²) in [4.78, 5) is 0. The van der Waals surface area contributed by atoms with Gasteiger partial charge in [0.1, 0.15) is 0 Å². The normalized spacial score (nSPS) is 12.7. The molecule has 0 aromatic heterocycles. The van der Waals surface area contributed by atoms with E-state index in [4.69, 9.17) is 11.6 Å². The van der Waals surface area contributed by atoms with Crippen LogP contribution in [0.5, 0.6) is 0 Å². The van der Waals surface area contributed by atoms with Gasteiger partial charge in [-0.15, -0.1) is 0 Å². The van der Waals surface area contributed by atoms with Gasteiger partial charge in [0.15, 0.2) is 0 Å². The lowest BCUT2D eigenvalue weighted by Gasteiger charge is -2.29. The van der Waals surface area contributed by atoms with Gasteiger partial charge in [0, 0.05) is 5.02 Å². The van der Waals surface area contributed by atoms with Crippen molar-refractivity contribution in [3.63, 3.8) is 0 Å². The van der Waals surface area contributed by atoms with Crippen LogP contribution in [0.2, 0.25) is 5.02 Å². The first-order chi connectivity index (χ1) is 10.2. The molecule has 1 aromatic rings. The van der Waals surface area contributed by atoms with Crippen molar-refractivity contribution in [3.8, 4) is 0 Å². The Kier molecular flexibility index (Phi) is 6.99. The van der Waals surface area contributed by atoms with Gasteiger partial charge < -0.3 is 0 Å². The molecular formula is C21H35Cl. The van der Waals surface area contributed by atoms with E-state index in [0.29, 0.717) is 10.8 Å². The summed E-state index contributed by atoms with van der Waals surface area (Å²) >= 11 is 6.64. The van der Waals surface area contributed by atoms with Gasteiger partial charge in [-0.05, 0) is 53.4 Å². The molecule has 0 saturated carbocycles. The third-order valence-corrected chi connectivity index (χ3v) is 6.51. The molecule has 0 bridgehead atoms. The molecule has 0 fully saturated rings. The molecule has 0 spiro atoms. The van der Waals surface area contributed by atoms with E-state index in [1.807, 2.05) is 0 Å². The number of aryl methyl sites for hydroxylation is 1. The SMILES string of the molecule is CCC(C)(CC)Cc1cc(Cl)c(CC(C)(CC)CC)cc1C. The van der Waals surface area contributed by atoms with E-state index in [1.165, 1.54) is 42.4 Å². The van der Waals surface area contributed by atoms with Crippen LogP contribution < -0.4 is 0 Å². The average Bonchev–Trinajstić information content (AvgIpc) is 2.51. The van der Waals surface area contributed by atoms with Crippen LogP contribution in [0.4, 0.5) is 0 Å². The molecular weight excluding hydrogens is 288 g/mol. The predicted molar refractivity (Wildman–Crippen MR) is 101 cm³/mol. The van der Waals surface area contributed by atoms with Crippen molar-refractivity contribution in [2.45, 2.75) is 87.0 Å². The van der Waals surface area contributed by atoms with Crippen LogP contribution in [-0.4, -0.2) is 0 Å². The summed E-state index contributed by atoms with van der Waals surface area (Å²) in [5.41, 5.74) is 4.90. The number of hydrogen-bond donors (Lipinski definition) is 0. The highest BCUT2D eigenvalue weighted by atomic mass is 35.5. The second kappa shape index (κ2) is 7.86. The second-order valence-electron chi connectivity index (χ2n) is 7.76. The van der Waals surface area contributed by atoms with E-state index in [-0.39, 0.29) is 0 Å². The summed E-state index contributed by atoms with van der Waals surface area (Å²) in [6, 6.07) is 4.58. The van der Waals surface area contributed by atoms with Gasteiger partial charge in [-0.1, -0.05) is 84.9 Å². The Balaban J connectivity index is 3.07. The largest absolute Gasteiger partial charge is 0.0840 e. The van der Waals surface area contributed by atoms with Crippen LogP contribution in [0.1, 0.15) is 83.9 Å². The van der Waals surface area contributed by atoms with Crippen LogP contribution in [0.3, 0.4) is 0 Å². The van der Waals surface area contributed by atoms with Crippen molar-refractivity contribution >= 4 is 11.6 Å². The Morgan fingerprint density at radius 1 is 0.773 bits per heavy atom. The molecule has 0 aliphatic heterocycles. The Morgan fingerprint density at radius 2 is 1.18 bits per heavy atom. The summed E-state index contributed by atoms with van der Waals surface area (Å²) < 4.78 is 0.